The minimum Gasteiger partial charge on any atom is -0.352 e. The lowest BCUT2D eigenvalue weighted by Crippen LogP contribution is -2.47. The van der Waals surface area contributed by atoms with Crippen molar-refractivity contribution in [2.24, 2.45) is 0 Å². The molecule has 3 aromatic heterocycles. The topological polar surface area (TPSA) is 123 Å². The lowest BCUT2D eigenvalue weighted by atomic mass is 9.97. The smallest absolute Gasteiger partial charge is 0.212 e. The number of rotatable bonds is 6. The Kier molecular flexibility index (Phi) is 4.52. The zero-order valence-corrected chi connectivity index (χ0v) is 16.3. The van der Waals surface area contributed by atoms with Gasteiger partial charge in [0.25, 0.3) is 0 Å². The van der Waals surface area contributed by atoms with Crippen LogP contribution in [0.5, 0.6) is 0 Å². The van der Waals surface area contributed by atoms with Gasteiger partial charge in [0.1, 0.15) is 12.1 Å². The van der Waals surface area contributed by atoms with Gasteiger partial charge in [0, 0.05) is 48.9 Å². The molecule has 0 amide bonds. The summed E-state index contributed by atoms with van der Waals surface area (Å²) in [5, 5.41) is 31.2. The largest absolute Gasteiger partial charge is 0.352 e. The van der Waals surface area contributed by atoms with Crippen LogP contribution in [0.1, 0.15) is 37.8 Å². The molecule has 0 aromatic carbocycles. The highest BCUT2D eigenvalue weighted by Gasteiger charge is 2.40. The minimum atomic E-state index is 0.340. The van der Waals surface area contributed by atoms with E-state index in [4.69, 9.17) is 10.2 Å². The van der Waals surface area contributed by atoms with Crippen LogP contribution in [0.2, 0.25) is 0 Å². The molecule has 10 nitrogen and oxygen atoms in total. The van der Waals surface area contributed by atoms with Gasteiger partial charge in [0.15, 0.2) is 11.5 Å². The summed E-state index contributed by atoms with van der Waals surface area (Å²) in [5.41, 5.74) is 1.71. The average Bonchev–Trinajstić information content (AvgIpc) is 3.39. The van der Waals surface area contributed by atoms with E-state index in [1.165, 1.54) is 12.8 Å². The van der Waals surface area contributed by atoms with Gasteiger partial charge in [0.2, 0.25) is 5.95 Å². The van der Waals surface area contributed by atoms with Crippen molar-refractivity contribution in [3.05, 3.63) is 24.2 Å². The van der Waals surface area contributed by atoms with E-state index < -0.39 is 0 Å². The molecule has 3 N–H and O–H groups in total. The number of aromatic amines is 1. The second kappa shape index (κ2) is 7.33. The number of nitriles is 1. The SMILES string of the molecule is Cc1cc(Nc2cc3nncn3c(NC3C[C@H]4CC[C@@H](C3)N4CCC#N)n2)n[nH]1. The van der Waals surface area contributed by atoms with Crippen molar-refractivity contribution in [2.45, 2.75) is 57.2 Å². The Morgan fingerprint density at radius 3 is 2.79 bits per heavy atom. The predicted molar refractivity (Wildman–Crippen MR) is 108 cm³/mol. The molecule has 2 aliphatic rings. The normalized spacial score (nSPS) is 23.9. The molecule has 2 bridgehead atoms. The predicted octanol–water partition coefficient (Wildman–Crippen LogP) is 2.22. The number of anilines is 3. The molecule has 0 spiro atoms. The van der Waals surface area contributed by atoms with E-state index in [1.807, 2.05) is 23.5 Å². The molecule has 0 saturated carbocycles. The molecule has 5 rings (SSSR count). The van der Waals surface area contributed by atoms with Gasteiger partial charge in [-0.25, -0.2) is 0 Å². The summed E-state index contributed by atoms with van der Waals surface area (Å²) >= 11 is 0. The van der Waals surface area contributed by atoms with E-state index >= 15 is 0 Å². The Balaban J connectivity index is 1.35. The second-order valence-corrected chi connectivity index (χ2v) is 7.93. The number of H-pyrrole nitrogens is 1. The van der Waals surface area contributed by atoms with E-state index in [2.05, 4.69) is 42.0 Å². The number of piperidine rings is 1. The molecule has 1 unspecified atom stereocenters. The fourth-order valence-corrected chi connectivity index (χ4v) is 4.73. The maximum atomic E-state index is 8.93. The fraction of sp³-hybridized carbons (Fsp3) is 0.526. The van der Waals surface area contributed by atoms with Crippen LogP contribution in [-0.4, -0.2) is 59.3 Å². The summed E-state index contributed by atoms with van der Waals surface area (Å²) in [5.74, 6) is 2.12. The highest BCUT2D eigenvalue weighted by atomic mass is 15.3. The van der Waals surface area contributed by atoms with Gasteiger partial charge in [0.05, 0.1) is 6.07 Å². The highest BCUT2D eigenvalue weighted by Crippen LogP contribution is 2.36. The Morgan fingerprint density at radius 1 is 1.24 bits per heavy atom. The number of hydrogen-bond donors (Lipinski definition) is 3. The molecular weight excluding hydrogens is 368 g/mol. The van der Waals surface area contributed by atoms with Crippen molar-refractivity contribution in [1.82, 2.24) is 34.7 Å². The third-order valence-corrected chi connectivity index (χ3v) is 5.96. The maximum absolute atomic E-state index is 8.93. The van der Waals surface area contributed by atoms with Crippen LogP contribution < -0.4 is 10.6 Å². The van der Waals surface area contributed by atoms with Crippen molar-refractivity contribution in [2.75, 3.05) is 17.2 Å². The molecule has 10 heteroatoms. The van der Waals surface area contributed by atoms with E-state index in [1.54, 1.807) is 6.33 Å². The number of aromatic nitrogens is 6. The van der Waals surface area contributed by atoms with Gasteiger partial charge >= 0.3 is 0 Å². The first-order chi connectivity index (χ1) is 14.2. The summed E-state index contributed by atoms with van der Waals surface area (Å²) < 4.78 is 1.88. The first-order valence-electron chi connectivity index (χ1n) is 10.1. The minimum absolute atomic E-state index is 0.340. The molecule has 2 saturated heterocycles. The molecule has 3 aromatic rings. The zero-order valence-electron chi connectivity index (χ0n) is 16.3. The summed E-state index contributed by atoms with van der Waals surface area (Å²) in [6.45, 7) is 2.84. The molecular formula is C19H24N10. The first kappa shape index (κ1) is 17.9. The number of aryl methyl sites for hydroxylation is 1. The van der Waals surface area contributed by atoms with Gasteiger partial charge in [-0.15, -0.1) is 10.2 Å². The summed E-state index contributed by atoms with van der Waals surface area (Å²) in [6.07, 6.45) is 6.83. The van der Waals surface area contributed by atoms with Gasteiger partial charge < -0.3 is 10.6 Å². The van der Waals surface area contributed by atoms with E-state index in [9.17, 15) is 0 Å². The molecule has 2 fully saturated rings. The van der Waals surface area contributed by atoms with E-state index in [0.717, 1.165) is 36.7 Å². The summed E-state index contributed by atoms with van der Waals surface area (Å²) in [4.78, 5) is 7.29. The second-order valence-electron chi connectivity index (χ2n) is 7.93. The molecule has 2 aliphatic heterocycles. The van der Waals surface area contributed by atoms with E-state index in [-0.39, 0.29) is 0 Å². The molecule has 0 aliphatic carbocycles. The van der Waals surface area contributed by atoms with Crippen molar-refractivity contribution >= 4 is 23.2 Å². The number of hydrogen-bond acceptors (Lipinski definition) is 8. The van der Waals surface area contributed by atoms with Crippen molar-refractivity contribution in [3.63, 3.8) is 0 Å². The fourth-order valence-electron chi connectivity index (χ4n) is 4.73. The lowest BCUT2D eigenvalue weighted by Gasteiger charge is -2.39. The molecule has 5 heterocycles. The highest BCUT2D eigenvalue weighted by molar-refractivity contribution is 5.60. The van der Waals surface area contributed by atoms with Crippen LogP contribution in [0.4, 0.5) is 17.6 Å². The van der Waals surface area contributed by atoms with Gasteiger partial charge in [-0.3, -0.25) is 14.4 Å². The van der Waals surface area contributed by atoms with Crippen LogP contribution in [0, 0.1) is 18.3 Å². The Morgan fingerprint density at radius 2 is 2.07 bits per heavy atom. The Bertz CT molecular complexity index is 1030. The molecule has 0 radical (unpaired) electrons. The Labute approximate surface area is 168 Å². The van der Waals surface area contributed by atoms with Crippen molar-refractivity contribution in [3.8, 4) is 6.07 Å². The molecule has 3 atom stereocenters. The van der Waals surface area contributed by atoms with Gasteiger partial charge in [-0.05, 0) is 32.6 Å². The van der Waals surface area contributed by atoms with Crippen LogP contribution in [0.3, 0.4) is 0 Å². The van der Waals surface area contributed by atoms with Gasteiger partial charge in [-0.2, -0.15) is 15.3 Å². The molecule has 150 valence electrons. The zero-order chi connectivity index (χ0) is 19.8. The van der Waals surface area contributed by atoms with Crippen LogP contribution in [0.15, 0.2) is 18.5 Å². The van der Waals surface area contributed by atoms with Crippen LogP contribution in [0.25, 0.3) is 5.65 Å². The summed E-state index contributed by atoms with van der Waals surface area (Å²) in [7, 11) is 0. The standard InChI is InChI=1S/C19H24N10/c1-12-7-17(26-25-12)23-16-10-18-27-21-11-29(18)19(24-16)22-13-8-14-3-4-15(9-13)28(14)6-2-5-20/h7,10-11,13-15H,2-4,6,8-9H2,1H3,(H,22,24)(H2,23,25,26)/t13?,14-,15+. The number of fused-ring (bicyclic) bond motifs is 3. The monoisotopic (exact) mass is 392 g/mol. The van der Waals surface area contributed by atoms with Crippen LogP contribution >= 0.6 is 0 Å². The number of nitrogens with one attached hydrogen (secondary N) is 3. The maximum Gasteiger partial charge on any atom is 0.212 e. The Hall–Kier alpha value is -3.19. The first-order valence-corrected chi connectivity index (χ1v) is 10.1. The van der Waals surface area contributed by atoms with E-state index in [0.29, 0.717) is 36.2 Å². The average molecular weight is 392 g/mol. The van der Waals surface area contributed by atoms with Crippen molar-refractivity contribution < 1.29 is 0 Å². The van der Waals surface area contributed by atoms with Crippen LogP contribution in [-0.2, 0) is 0 Å². The molecule has 29 heavy (non-hydrogen) atoms. The number of nitrogens with zero attached hydrogens (tertiary/aromatic N) is 7. The third-order valence-electron chi connectivity index (χ3n) is 5.96. The lowest BCUT2D eigenvalue weighted by molar-refractivity contribution is 0.135. The summed E-state index contributed by atoms with van der Waals surface area (Å²) in [6, 6.07) is 7.50. The van der Waals surface area contributed by atoms with Gasteiger partial charge in [-0.1, -0.05) is 0 Å². The quantitative estimate of drug-likeness (QED) is 0.583. The van der Waals surface area contributed by atoms with Crippen molar-refractivity contribution in [1.29, 1.82) is 5.26 Å². The third kappa shape index (κ3) is 3.49.